The Bertz CT molecular complexity index is 742. The van der Waals surface area contributed by atoms with Crippen LogP contribution in [-0.4, -0.2) is 12.6 Å². The van der Waals surface area contributed by atoms with Crippen molar-refractivity contribution in [1.29, 1.82) is 0 Å². The summed E-state index contributed by atoms with van der Waals surface area (Å²) in [6.45, 7) is 2.12. The van der Waals surface area contributed by atoms with Crippen molar-refractivity contribution in [1.82, 2.24) is 0 Å². The second-order valence-electron chi connectivity index (χ2n) is 4.82. The SMILES string of the molecule is CCOC(=O)/C=C1\Oc2ccccc2C=C1c1ccccc1. The molecule has 0 saturated carbocycles. The molecule has 1 aliphatic rings. The summed E-state index contributed by atoms with van der Waals surface area (Å²) >= 11 is 0. The summed E-state index contributed by atoms with van der Waals surface area (Å²) in [5.74, 6) is 0.833. The number of fused-ring (bicyclic) bond motifs is 1. The van der Waals surface area contributed by atoms with Crippen LogP contribution in [0.4, 0.5) is 0 Å². The molecule has 0 atom stereocenters. The highest BCUT2D eigenvalue weighted by molar-refractivity contribution is 5.97. The van der Waals surface area contributed by atoms with Crippen LogP contribution in [0.2, 0.25) is 0 Å². The molecule has 0 saturated heterocycles. The van der Waals surface area contributed by atoms with Crippen molar-refractivity contribution in [2.75, 3.05) is 6.61 Å². The molecule has 3 nitrogen and oxygen atoms in total. The van der Waals surface area contributed by atoms with Gasteiger partial charge in [-0.15, -0.1) is 0 Å². The highest BCUT2D eigenvalue weighted by Gasteiger charge is 2.19. The lowest BCUT2D eigenvalue weighted by molar-refractivity contribution is -0.137. The van der Waals surface area contributed by atoms with E-state index < -0.39 is 5.97 Å². The number of carbonyl (C=O) groups excluding carboxylic acids is 1. The summed E-state index contributed by atoms with van der Waals surface area (Å²) in [6, 6.07) is 17.6. The fraction of sp³-hybridized carbons (Fsp3) is 0.105. The third-order valence-corrected chi connectivity index (χ3v) is 3.32. The number of allylic oxidation sites excluding steroid dienone is 1. The summed E-state index contributed by atoms with van der Waals surface area (Å²) in [5.41, 5.74) is 2.85. The van der Waals surface area contributed by atoms with Crippen LogP contribution in [0.5, 0.6) is 5.75 Å². The van der Waals surface area contributed by atoms with Crippen LogP contribution in [0.25, 0.3) is 11.6 Å². The van der Waals surface area contributed by atoms with Gasteiger partial charge in [0.1, 0.15) is 11.5 Å². The largest absolute Gasteiger partial charge is 0.463 e. The number of esters is 1. The zero-order chi connectivity index (χ0) is 15.4. The second-order valence-corrected chi connectivity index (χ2v) is 4.82. The van der Waals surface area contributed by atoms with Crippen molar-refractivity contribution >= 4 is 17.6 Å². The van der Waals surface area contributed by atoms with Gasteiger partial charge < -0.3 is 9.47 Å². The first-order valence-electron chi connectivity index (χ1n) is 7.21. The summed E-state index contributed by atoms with van der Waals surface area (Å²) < 4.78 is 10.9. The van der Waals surface area contributed by atoms with Gasteiger partial charge in [0.25, 0.3) is 0 Å². The van der Waals surface area contributed by atoms with Crippen LogP contribution in [0.3, 0.4) is 0 Å². The summed E-state index contributed by atoms with van der Waals surface area (Å²) in [7, 11) is 0. The lowest BCUT2D eigenvalue weighted by Gasteiger charge is -2.20. The molecule has 0 spiro atoms. The van der Waals surface area contributed by atoms with Crippen LogP contribution in [0.15, 0.2) is 66.4 Å². The fourth-order valence-electron chi connectivity index (χ4n) is 2.33. The van der Waals surface area contributed by atoms with Gasteiger partial charge in [-0.25, -0.2) is 4.79 Å². The lowest BCUT2D eigenvalue weighted by Crippen LogP contribution is -2.09. The Morgan fingerprint density at radius 1 is 1.09 bits per heavy atom. The van der Waals surface area contributed by atoms with Crippen LogP contribution >= 0.6 is 0 Å². The quantitative estimate of drug-likeness (QED) is 0.632. The average Bonchev–Trinajstić information content (AvgIpc) is 2.55. The van der Waals surface area contributed by atoms with Crippen molar-refractivity contribution in [3.8, 4) is 5.75 Å². The lowest BCUT2D eigenvalue weighted by atomic mass is 9.98. The van der Waals surface area contributed by atoms with Gasteiger partial charge in [-0.05, 0) is 24.6 Å². The number of ether oxygens (including phenoxy) is 2. The molecule has 0 aliphatic carbocycles. The highest BCUT2D eigenvalue weighted by Crippen LogP contribution is 2.36. The second kappa shape index (κ2) is 6.31. The van der Waals surface area contributed by atoms with E-state index in [-0.39, 0.29) is 0 Å². The molecule has 22 heavy (non-hydrogen) atoms. The molecule has 1 aliphatic heterocycles. The molecule has 0 radical (unpaired) electrons. The van der Waals surface area contributed by atoms with Crippen LogP contribution < -0.4 is 4.74 Å². The van der Waals surface area contributed by atoms with E-state index in [4.69, 9.17) is 9.47 Å². The van der Waals surface area contributed by atoms with Gasteiger partial charge in [-0.1, -0.05) is 48.5 Å². The zero-order valence-corrected chi connectivity index (χ0v) is 12.3. The molecule has 3 rings (SSSR count). The first-order valence-corrected chi connectivity index (χ1v) is 7.21. The smallest absolute Gasteiger partial charge is 0.334 e. The molecule has 110 valence electrons. The average molecular weight is 292 g/mol. The Hall–Kier alpha value is -2.81. The molecular weight excluding hydrogens is 276 g/mol. The molecule has 0 amide bonds. The Balaban J connectivity index is 2.07. The van der Waals surface area contributed by atoms with Gasteiger partial charge >= 0.3 is 5.97 Å². The van der Waals surface area contributed by atoms with Crippen molar-refractivity contribution in [3.63, 3.8) is 0 Å². The van der Waals surface area contributed by atoms with Crippen molar-refractivity contribution in [2.45, 2.75) is 6.92 Å². The van der Waals surface area contributed by atoms with E-state index in [1.807, 2.05) is 60.7 Å². The van der Waals surface area contributed by atoms with Crippen LogP contribution in [0.1, 0.15) is 18.1 Å². The minimum Gasteiger partial charge on any atom is -0.463 e. The number of para-hydroxylation sites is 1. The van der Waals surface area contributed by atoms with E-state index in [1.165, 1.54) is 6.08 Å². The first-order chi connectivity index (χ1) is 10.8. The van der Waals surface area contributed by atoms with E-state index in [9.17, 15) is 4.79 Å². The normalized spacial score (nSPS) is 14.8. The number of hydrogen-bond donors (Lipinski definition) is 0. The van der Waals surface area contributed by atoms with E-state index >= 15 is 0 Å². The van der Waals surface area contributed by atoms with E-state index in [0.717, 1.165) is 22.4 Å². The minimum atomic E-state index is -0.404. The van der Waals surface area contributed by atoms with Crippen molar-refractivity contribution < 1.29 is 14.3 Å². The molecular formula is C19H16O3. The first kappa shape index (κ1) is 14.1. The predicted molar refractivity (Wildman–Crippen MR) is 86.1 cm³/mol. The summed E-state index contributed by atoms with van der Waals surface area (Å²) in [6.07, 6.45) is 3.43. The fourth-order valence-corrected chi connectivity index (χ4v) is 2.33. The van der Waals surface area contributed by atoms with Gasteiger partial charge in [0.05, 0.1) is 12.7 Å². The number of rotatable bonds is 3. The van der Waals surface area contributed by atoms with Gasteiger partial charge in [-0.3, -0.25) is 0 Å². The molecule has 0 bridgehead atoms. The number of carbonyl (C=O) groups is 1. The molecule has 2 aromatic carbocycles. The van der Waals surface area contributed by atoms with Crippen LogP contribution in [0, 0.1) is 0 Å². The standard InChI is InChI=1S/C19H16O3/c1-2-21-19(20)13-18-16(14-8-4-3-5-9-14)12-15-10-6-7-11-17(15)22-18/h3-13H,2H2,1H3/b18-13-. The van der Waals surface area contributed by atoms with Gasteiger partial charge in [0.2, 0.25) is 0 Å². The van der Waals surface area contributed by atoms with Gasteiger partial charge in [0.15, 0.2) is 0 Å². The summed E-state index contributed by atoms with van der Waals surface area (Å²) in [5, 5.41) is 0. The zero-order valence-electron chi connectivity index (χ0n) is 12.3. The molecule has 0 unspecified atom stereocenters. The molecule has 3 heteroatoms. The monoisotopic (exact) mass is 292 g/mol. The number of hydrogen-bond acceptors (Lipinski definition) is 3. The maximum Gasteiger partial charge on any atom is 0.334 e. The topological polar surface area (TPSA) is 35.5 Å². The van der Waals surface area contributed by atoms with E-state index in [2.05, 4.69) is 0 Å². The molecule has 2 aromatic rings. The molecule has 0 fully saturated rings. The Labute approximate surface area is 129 Å². The third kappa shape index (κ3) is 2.93. The van der Waals surface area contributed by atoms with Crippen molar-refractivity contribution in [3.05, 3.63) is 77.6 Å². The summed E-state index contributed by atoms with van der Waals surface area (Å²) in [4.78, 5) is 11.8. The van der Waals surface area contributed by atoms with Gasteiger partial charge in [0, 0.05) is 11.1 Å². The maximum absolute atomic E-state index is 11.8. The Morgan fingerprint density at radius 2 is 1.82 bits per heavy atom. The Kier molecular flexibility index (Phi) is 4.05. The number of benzene rings is 2. The maximum atomic E-state index is 11.8. The third-order valence-electron chi connectivity index (χ3n) is 3.32. The molecule has 0 aromatic heterocycles. The minimum absolute atomic E-state index is 0.337. The highest BCUT2D eigenvalue weighted by atomic mass is 16.5. The van der Waals surface area contributed by atoms with E-state index in [1.54, 1.807) is 6.92 Å². The predicted octanol–water partition coefficient (Wildman–Crippen LogP) is 4.07. The molecule has 0 N–H and O–H groups in total. The van der Waals surface area contributed by atoms with E-state index in [0.29, 0.717) is 12.4 Å². The van der Waals surface area contributed by atoms with Crippen molar-refractivity contribution in [2.24, 2.45) is 0 Å². The van der Waals surface area contributed by atoms with Gasteiger partial charge in [-0.2, -0.15) is 0 Å². The molecule has 1 heterocycles. The Morgan fingerprint density at radius 3 is 2.59 bits per heavy atom. The van der Waals surface area contributed by atoms with Crippen LogP contribution in [-0.2, 0) is 9.53 Å².